The number of carboxylic acid groups (broad SMARTS) is 1. The maximum absolute atomic E-state index is 11.3. The highest BCUT2D eigenvalue weighted by Gasteiger charge is 2.30. The molecule has 0 radical (unpaired) electrons. The van der Waals surface area contributed by atoms with Crippen LogP contribution < -0.4 is 0 Å². The van der Waals surface area contributed by atoms with Gasteiger partial charge in [0.05, 0.1) is 22.0 Å². The number of carboxylic acids is 1. The summed E-state index contributed by atoms with van der Waals surface area (Å²) in [5.41, 5.74) is 2.24. The van der Waals surface area contributed by atoms with Crippen LogP contribution >= 0.6 is 23.2 Å². The first-order chi connectivity index (χ1) is 13.5. The third-order valence-corrected chi connectivity index (χ3v) is 6.33. The number of likely N-dealkylation sites (tertiary alicyclic amines) is 1. The van der Waals surface area contributed by atoms with Gasteiger partial charge in [-0.2, -0.15) is 0 Å². The third-order valence-electron chi connectivity index (χ3n) is 5.59. The van der Waals surface area contributed by atoms with Crippen LogP contribution in [0.1, 0.15) is 30.0 Å². The highest BCUT2D eigenvalue weighted by Crippen LogP contribution is 2.36. The van der Waals surface area contributed by atoms with E-state index in [0.717, 1.165) is 18.7 Å². The molecule has 0 aliphatic carbocycles. The summed E-state index contributed by atoms with van der Waals surface area (Å²) >= 11 is 12.5. The minimum Gasteiger partial charge on any atom is -0.481 e. The van der Waals surface area contributed by atoms with E-state index in [1.807, 2.05) is 30.3 Å². The number of hydrogen-bond donors (Lipinski definition) is 1. The lowest BCUT2D eigenvalue weighted by atomic mass is 9.90. The summed E-state index contributed by atoms with van der Waals surface area (Å²) in [5.74, 6) is -0.959. The molecule has 144 valence electrons. The van der Waals surface area contributed by atoms with Crippen molar-refractivity contribution in [2.24, 2.45) is 5.92 Å². The Kier molecular flexibility index (Phi) is 5.58. The molecule has 0 bridgehead atoms. The largest absolute Gasteiger partial charge is 0.481 e. The Morgan fingerprint density at radius 2 is 1.54 bits per heavy atom. The Bertz CT molecular complexity index is 1010. The van der Waals surface area contributed by atoms with Crippen molar-refractivity contribution in [1.29, 1.82) is 0 Å². The summed E-state index contributed by atoms with van der Waals surface area (Å²) in [7, 11) is 0. The molecule has 1 aliphatic rings. The van der Waals surface area contributed by atoms with E-state index in [9.17, 15) is 9.90 Å². The molecule has 1 fully saturated rings. The Hall–Kier alpha value is -2.07. The minimum atomic E-state index is -0.698. The van der Waals surface area contributed by atoms with Gasteiger partial charge in [-0.05, 0) is 66.0 Å². The van der Waals surface area contributed by atoms with Gasteiger partial charge in [-0.15, -0.1) is 0 Å². The molecule has 28 heavy (non-hydrogen) atoms. The maximum atomic E-state index is 11.3. The molecule has 0 aromatic heterocycles. The zero-order valence-electron chi connectivity index (χ0n) is 15.3. The molecule has 0 saturated carbocycles. The fraction of sp³-hybridized carbons (Fsp3) is 0.261. The number of nitrogens with zero attached hydrogens (tertiary/aromatic N) is 1. The lowest BCUT2D eigenvalue weighted by Crippen LogP contribution is -2.39. The molecule has 4 rings (SSSR count). The number of aliphatic carboxylic acids is 1. The zero-order valence-corrected chi connectivity index (χ0v) is 16.8. The fourth-order valence-electron chi connectivity index (χ4n) is 4.08. The number of halogens is 2. The number of carbonyl (C=O) groups is 1. The molecule has 0 spiro atoms. The van der Waals surface area contributed by atoms with Crippen molar-refractivity contribution in [3.63, 3.8) is 0 Å². The van der Waals surface area contributed by atoms with E-state index in [1.165, 1.54) is 16.3 Å². The SMILES string of the molecule is O=C(O)C1CCN(C(c2ccc(Cl)c(Cl)c2)c2ccc3ccccc3c2)CC1. The van der Waals surface area contributed by atoms with Gasteiger partial charge in [0.15, 0.2) is 0 Å². The summed E-state index contributed by atoms with van der Waals surface area (Å²) in [6.07, 6.45) is 1.31. The molecule has 3 nitrogen and oxygen atoms in total. The van der Waals surface area contributed by atoms with Crippen molar-refractivity contribution in [1.82, 2.24) is 4.90 Å². The summed E-state index contributed by atoms with van der Waals surface area (Å²) in [5, 5.41) is 12.8. The molecular weight excluding hydrogens is 393 g/mol. The van der Waals surface area contributed by atoms with Crippen molar-refractivity contribution in [3.05, 3.63) is 81.8 Å². The van der Waals surface area contributed by atoms with Gasteiger partial charge in [0.2, 0.25) is 0 Å². The summed E-state index contributed by atoms with van der Waals surface area (Å²) in [6, 6.07) is 20.6. The van der Waals surface area contributed by atoms with Crippen LogP contribution in [0.25, 0.3) is 10.8 Å². The molecule has 1 saturated heterocycles. The second kappa shape index (κ2) is 8.12. The van der Waals surface area contributed by atoms with Gasteiger partial charge in [-0.25, -0.2) is 0 Å². The summed E-state index contributed by atoms with van der Waals surface area (Å²) < 4.78 is 0. The van der Waals surface area contributed by atoms with Crippen LogP contribution in [0.15, 0.2) is 60.7 Å². The van der Waals surface area contributed by atoms with Crippen LogP contribution in [0, 0.1) is 5.92 Å². The lowest BCUT2D eigenvalue weighted by molar-refractivity contribution is -0.143. The number of hydrogen-bond acceptors (Lipinski definition) is 2. The average molecular weight is 414 g/mol. The molecule has 0 amide bonds. The quantitative estimate of drug-likeness (QED) is 0.567. The van der Waals surface area contributed by atoms with E-state index < -0.39 is 5.97 Å². The van der Waals surface area contributed by atoms with E-state index in [4.69, 9.17) is 23.2 Å². The van der Waals surface area contributed by atoms with Crippen LogP contribution in [0.3, 0.4) is 0 Å². The third kappa shape index (κ3) is 3.88. The first-order valence-corrected chi connectivity index (χ1v) is 10.2. The van der Waals surface area contributed by atoms with Gasteiger partial charge in [0, 0.05) is 0 Å². The van der Waals surface area contributed by atoms with Gasteiger partial charge in [-0.1, -0.05) is 65.7 Å². The molecule has 1 unspecified atom stereocenters. The molecule has 3 aromatic rings. The van der Waals surface area contributed by atoms with E-state index in [-0.39, 0.29) is 12.0 Å². The predicted molar refractivity (Wildman–Crippen MR) is 114 cm³/mol. The first kappa shape index (κ1) is 19.3. The maximum Gasteiger partial charge on any atom is 0.306 e. The Balaban J connectivity index is 1.74. The molecule has 1 N–H and O–H groups in total. The standard InChI is InChI=1S/C23H21Cl2NO2/c24-20-8-7-19(14-21(20)25)22(26-11-9-16(10-12-26)23(27)28)18-6-5-15-3-1-2-4-17(15)13-18/h1-8,13-14,16,22H,9-12H2,(H,27,28). The molecule has 5 heteroatoms. The molecule has 1 heterocycles. The van der Waals surface area contributed by atoms with Crippen molar-refractivity contribution < 1.29 is 9.90 Å². The van der Waals surface area contributed by atoms with Gasteiger partial charge >= 0.3 is 5.97 Å². The lowest BCUT2D eigenvalue weighted by Gasteiger charge is -2.37. The predicted octanol–water partition coefficient (Wildman–Crippen LogP) is 6.03. The van der Waals surface area contributed by atoms with Crippen LogP contribution in [0.5, 0.6) is 0 Å². The van der Waals surface area contributed by atoms with Gasteiger partial charge in [-0.3, -0.25) is 9.69 Å². The van der Waals surface area contributed by atoms with Gasteiger partial charge < -0.3 is 5.11 Å². The van der Waals surface area contributed by atoms with Gasteiger partial charge in [0.1, 0.15) is 0 Å². The van der Waals surface area contributed by atoms with Gasteiger partial charge in [0.25, 0.3) is 0 Å². The number of piperidine rings is 1. The van der Waals surface area contributed by atoms with Crippen LogP contribution in [-0.4, -0.2) is 29.1 Å². The average Bonchev–Trinajstić information content (AvgIpc) is 2.71. The van der Waals surface area contributed by atoms with Crippen molar-refractivity contribution in [3.8, 4) is 0 Å². The monoisotopic (exact) mass is 413 g/mol. The fourth-order valence-corrected chi connectivity index (χ4v) is 4.39. The molecule has 1 aliphatic heterocycles. The number of rotatable bonds is 4. The van der Waals surface area contributed by atoms with E-state index in [2.05, 4.69) is 35.2 Å². The minimum absolute atomic E-state index is 0.00844. The Morgan fingerprint density at radius 3 is 2.21 bits per heavy atom. The topological polar surface area (TPSA) is 40.5 Å². The summed E-state index contributed by atoms with van der Waals surface area (Å²) in [6.45, 7) is 1.46. The highest BCUT2D eigenvalue weighted by atomic mass is 35.5. The molecule has 3 aromatic carbocycles. The highest BCUT2D eigenvalue weighted by molar-refractivity contribution is 6.42. The summed E-state index contributed by atoms with van der Waals surface area (Å²) in [4.78, 5) is 13.7. The van der Waals surface area contributed by atoms with Crippen molar-refractivity contribution in [2.45, 2.75) is 18.9 Å². The Morgan fingerprint density at radius 1 is 0.893 bits per heavy atom. The van der Waals surface area contributed by atoms with Crippen LogP contribution in [0.4, 0.5) is 0 Å². The zero-order chi connectivity index (χ0) is 19.7. The first-order valence-electron chi connectivity index (χ1n) is 9.43. The van der Waals surface area contributed by atoms with Crippen molar-refractivity contribution in [2.75, 3.05) is 13.1 Å². The number of benzene rings is 3. The van der Waals surface area contributed by atoms with E-state index in [0.29, 0.717) is 22.9 Å². The number of fused-ring (bicyclic) bond motifs is 1. The van der Waals surface area contributed by atoms with Crippen molar-refractivity contribution >= 4 is 39.9 Å². The van der Waals surface area contributed by atoms with E-state index >= 15 is 0 Å². The molecular formula is C23H21Cl2NO2. The van der Waals surface area contributed by atoms with Crippen LogP contribution in [0.2, 0.25) is 10.0 Å². The van der Waals surface area contributed by atoms with E-state index in [1.54, 1.807) is 0 Å². The normalized spacial score (nSPS) is 16.9. The Labute approximate surface area is 174 Å². The second-order valence-electron chi connectivity index (χ2n) is 7.33. The van der Waals surface area contributed by atoms with Crippen LogP contribution in [-0.2, 0) is 4.79 Å². The second-order valence-corrected chi connectivity index (χ2v) is 8.15. The molecule has 1 atom stereocenters. The smallest absolute Gasteiger partial charge is 0.306 e.